The Balaban J connectivity index is 1.69. The summed E-state index contributed by atoms with van der Waals surface area (Å²) >= 11 is 1.32. The van der Waals surface area contributed by atoms with Crippen LogP contribution in [0.2, 0.25) is 0 Å². The maximum Gasteiger partial charge on any atom is 0.358 e. The fraction of sp³-hybridized carbons (Fsp3) is 0.409. The van der Waals surface area contributed by atoms with Gasteiger partial charge in [-0.25, -0.2) is 14.2 Å². The van der Waals surface area contributed by atoms with Gasteiger partial charge in [-0.1, -0.05) is 11.6 Å². The largest absolute Gasteiger partial charge is 0.457 e. The topological polar surface area (TPSA) is 94.5 Å². The first-order chi connectivity index (χ1) is 15.0. The van der Waals surface area contributed by atoms with Crippen LogP contribution in [0.1, 0.15) is 42.4 Å². The lowest BCUT2D eigenvalue weighted by Crippen LogP contribution is -2.29. The molecule has 1 atom stereocenters. The highest BCUT2D eigenvalue weighted by Crippen LogP contribution is 2.37. The van der Waals surface area contributed by atoms with E-state index >= 15 is 0 Å². The smallest absolute Gasteiger partial charge is 0.358 e. The summed E-state index contributed by atoms with van der Waals surface area (Å²) in [4.78, 5) is 19.2. The Morgan fingerprint density at radius 1 is 1.29 bits per heavy atom. The van der Waals surface area contributed by atoms with Crippen LogP contribution in [-0.2, 0) is 11.3 Å². The fourth-order valence-corrected chi connectivity index (χ4v) is 4.40. The van der Waals surface area contributed by atoms with Crippen molar-refractivity contribution in [1.29, 1.82) is 0 Å². The Hall–Kier alpha value is -2.62. The zero-order valence-electron chi connectivity index (χ0n) is 17.3. The zero-order chi connectivity index (χ0) is 21.8. The Morgan fingerprint density at radius 3 is 2.74 bits per heavy atom. The summed E-state index contributed by atoms with van der Waals surface area (Å²) in [5.74, 6) is -0.153. The molecular formula is C22H25FN4O3S. The van der Waals surface area contributed by atoms with Crippen LogP contribution >= 0.6 is 11.3 Å². The van der Waals surface area contributed by atoms with Gasteiger partial charge in [0.15, 0.2) is 11.5 Å². The molecule has 1 saturated heterocycles. The maximum atomic E-state index is 13.4. The van der Waals surface area contributed by atoms with E-state index in [1.165, 1.54) is 29.9 Å². The van der Waals surface area contributed by atoms with Crippen LogP contribution in [0.15, 0.2) is 34.2 Å². The molecule has 2 N–H and O–H groups in total. The highest BCUT2D eigenvalue weighted by Gasteiger charge is 2.26. The van der Waals surface area contributed by atoms with Crippen molar-refractivity contribution in [1.82, 2.24) is 15.0 Å². The molecule has 1 aliphatic rings. The Morgan fingerprint density at radius 2 is 2.03 bits per heavy atom. The Labute approximate surface area is 184 Å². The van der Waals surface area contributed by atoms with Crippen molar-refractivity contribution >= 4 is 17.3 Å². The van der Waals surface area contributed by atoms with E-state index in [1.807, 2.05) is 0 Å². The standard InChI is InChI=1S/C22H25FN4O3S/c1-14(11-24)29-22(28)17-13-31-21(25-17)19-18(12-27-9-3-2-4-10-27)30-26-20(19)15-5-7-16(23)8-6-15/h5-8,13-14H,2-4,9-12,24H2,1H3. The predicted octanol–water partition coefficient (Wildman–Crippen LogP) is 4.09. The third kappa shape index (κ3) is 5.00. The Bertz CT molecular complexity index is 1030. The Kier molecular flexibility index (Phi) is 6.74. The number of thiazole rings is 1. The summed E-state index contributed by atoms with van der Waals surface area (Å²) in [6.45, 7) is 4.57. The summed E-state index contributed by atoms with van der Waals surface area (Å²) in [5.41, 5.74) is 7.79. The van der Waals surface area contributed by atoms with Gasteiger partial charge in [-0.3, -0.25) is 4.90 Å². The summed E-state index contributed by atoms with van der Waals surface area (Å²) in [6, 6.07) is 6.09. The number of piperidine rings is 1. The van der Waals surface area contributed by atoms with Crippen molar-refractivity contribution in [3.8, 4) is 21.8 Å². The molecule has 9 heteroatoms. The molecule has 1 fully saturated rings. The van der Waals surface area contributed by atoms with Gasteiger partial charge in [-0.05, 0) is 57.1 Å². The first-order valence-corrected chi connectivity index (χ1v) is 11.3. The molecule has 31 heavy (non-hydrogen) atoms. The van der Waals surface area contributed by atoms with Crippen LogP contribution in [0.4, 0.5) is 4.39 Å². The van der Waals surface area contributed by atoms with Gasteiger partial charge in [-0.15, -0.1) is 11.3 Å². The molecule has 2 aromatic heterocycles. The minimum atomic E-state index is -0.516. The van der Waals surface area contributed by atoms with Crippen LogP contribution in [0.25, 0.3) is 21.8 Å². The van der Waals surface area contributed by atoms with E-state index < -0.39 is 12.1 Å². The number of esters is 1. The van der Waals surface area contributed by atoms with Crippen molar-refractivity contribution in [2.45, 2.75) is 38.8 Å². The van der Waals surface area contributed by atoms with E-state index in [9.17, 15) is 9.18 Å². The fourth-order valence-electron chi connectivity index (χ4n) is 3.55. The van der Waals surface area contributed by atoms with Gasteiger partial charge in [-0.2, -0.15) is 0 Å². The summed E-state index contributed by atoms with van der Waals surface area (Å²) in [5, 5.41) is 6.55. The number of benzene rings is 1. The average Bonchev–Trinajstić information content (AvgIpc) is 3.42. The number of hydrogen-bond donors (Lipinski definition) is 1. The van der Waals surface area contributed by atoms with Gasteiger partial charge in [0.25, 0.3) is 0 Å². The number of carbonyl (C=O) groups excluding carboxylic acids is 1. The summed E-state index contributed by atoms with van der Waals surface area (Å²) in [7, 11) is 0. The minimum absolute atomic E-state index is 0.218. The molecular weight excluding hydrogens is 419 g/mol. The van der Waals surface area contributed by atoms with Crippen LogP contribution in [0, 0.1) is 5.82 Å². The highest BCUT2D eigenvalue weighted by molar-refractivity contribution is 7.13. The van der Waals surface area contributed by atoms with Crippen LogP contribution in [-0.4, -0.2) is 46.7 Å². The van der Waals surface area contributed by atoms with E-state index in [1.54, 1.807) is 24.4 Å². The molecule has 1 unspecified atom stereocenters. The van der Waals surface area contributed by atoms with Crippen LogP contribution < -0.4 is 5.73 Å². The van der Waals surface area contributed by atoms with Crippen molar-refractivity contribution in [3.05, 3.63) is 46.9 Å². The van der Waals surface area contributed by atoms with Gasteiger partial charge >= 0.3 is 5.97 Å². The SMILES string of the molecule is CC(CN)OC(=O)c1csc(-c2c(-c3ccc(F)cc3)noc2CN2CCCCC2)n1. The third-order valence-corrected chi connectivity index (χ3v) is 6.12. The molecule has 0 radical (unpaired) electrons. The molecule has 4 rings (SSSR count). The number of likely N-dealkylation sites (tertiary alicyclic amines) is 1. The van der Waals surface area contributed by atoms with Crippen LogP contribution in [0.5, 0.6) is 0 Å². The van der Waals surface area contributed by atoms with E-state index in [0.717, 1.165) is 37.1 Å². The monoisotopic (exact) mass is 444 g/mol. The first-order valence-electron chi connectivity index (χ1n) is 10.4. The number of halogens is 1. The number of nitrogens with zero attached hydrogens (tertiary/aromatic N) is 3. The molecule has 0 amide bonds. The number of carbonyl (C=O) groups is 1. The summed E-state index contributed by atoms with van der Waals surface area (Å²) < 4.78 is 24.5. The second-order valence-electron chi connectivity index (χ2n) is 7.66. The second-order valence-corrected chi connectivity index (χ2v) is 8.52. The molecule has 7 nitrogen and oxygen atoms in total. The second kappa shape index (κ2) is 9.67. The van der Waals surface area contributed by atoms with Gasteiger partial charge in [0.1, 0.15) is 22.6 Å². The van der Waals surface area contributed by atoms with Crippen LogP contribution in [0.3, 0.4) is 0 Å². The quantitative estimate of drug-likeness (QED) is 0.548. The molecule has 0 saturated carbocycles. The van der Waals surface area contributed by atoms with E-state index in [0.29, 0.717) is 23.0 Å². The molecule has 1 aromatic carbocycles. The third-order valence-electron chi connectivity index (χ3n) is 5.26. The molecule has 1 aliphatic heterocycles. The lowest BCUT2D eigenvalue weighted by molar-refractivity contribution is 0.0353. The first kappa shape index (κ1) is 21.6. The van der Waals surface area contributed by atoms with Crippen molar-refractivity contribution in [2.75, 3.05) is 19.6 Å². The number of ether oxygens (including phenoxy) is 1. The number of nitrogens with two attached hydrogens (primary N) is 1. The number of rotatable bonds is 7. The van der Waals surface area contributed by atoms with E-state index in [4.69, 9.17) is 15.0 Å². The van der Waals surface area contributed by atoms with Crippen molar-refractivity contribution < 1.29 is 18.4 Å². The predicted molar refractivity (Wildman–Crippen MR) is 116 cm³/mol. The van der Waals surface area contributed by atoms with Crippen molar-refractivity contribution in [2.24, 2.45) is 5.73 Å². The van der Waals surface area contributed by atoms with Gasteiger partial charge in [0.05, 0.1) is 12.1 Å². The minimum Gasteiger partial charge on any atom is -0.457 e. The van der Waals surface area contributed by atoms with E-state index in [-0.39, 0.29) is 18.1 Å². The molecule has 0 aliphatic carbocycles. The van der Waals surface area contributed by atoms with E-state index in [2.05, 4.69) is 15.0 Å². The number of aromatic nitrogens is 2. The molecule has 3 heterocycles. The van der Waals surface area contributed by atoms with Gasteiger partial charge in [0, 0.05) is 17.5 Å². The summed E-state index contributed by atoms with van der Waals surface area (Å²) in [6.07, 6.45) is 3.15. The molecule has 0 bridgehead atoms. The zero-order valence-corrected chi connectivity index (χ0v) is 18.2. The maximum absolute atomic E-state index is 13.4. The lowest BCUT2D eigenvalue weighted by Gasteiger charge is -2.25. The molecule has 0 spiro atoms. The van der Waals surface area contributed by atoms with Gasteiger partial charge in [0.2, 0.25) is 0 Å². The molecule has 3 aromatic rings. The average molecular weight is 445 g/mol. The molecule has 164 valence electrons. The van der Waals surface area contributed by atoms with Crippen molar-refractivity contribution in [3.63, 3.8) is 0 Å². The number of hydrogen-bond acceptors (Lipinski definition) is 8. The highest BCUT2D eigenvalue weighted by atomic mass is 32.1. The normalized spacial score (nSPS) is 15.7. The lowest BCUT2D eigenvalue weighted by atomic mass is 10.1. The van der Waals surface area contributed by atoms with Gasteiger partial charge < -0.3 is 15.0 Å².